The lowest BCUT2D eigenvalue weighted by Crippen LogP contribution is -2.17. The van der Waals surface area contributed by atoms with Crippen LogP contribution in [0.4, 0.5) is 0 Å². The van der Waals surface area contributed by atoms with Crippen LogP contribution in [0.3, 0.4) is 0 Å². The van der Waals surface area contributed by atoms with Gasteiger partial charge in [-0.05, 0) is 49.2 Å². The Balaban J connectivity index is 1.56. The summed E-state index contributed by atoms with van der Waals surface area (Å²) in [5.74, 6) is 1.92. The smallest absolute Gasteiger partial charge is 0.203 e. The Labute approximate surface area is 166 Å². The minimum Gasteiger partial charge on any atom is -0.493 e. The van der Waals surface area contributed by atoms with Crippen molar-refractivity contribution >= 4 is 17.0 Å². The molecule has 0 bridgehead atoms. The first-order valence-electron chi connectivity index (χ1n) is 9.41. The number of aryl methyl sites for hydroxylation is 1. The molecule has 2 aromatic carbocycles. The molecule has 0 atom stereocenters. The lowest BCUT2D eigenvalue weighted by atomic mass is 10.1. The van der Waals surface area contributed by atoms with Crippen molar-refractivity contribution in [3.8, 4) is 17.2 Å². The van der Waals surface area contributed by atoms with Crippen LogP contribution in [-0.2, 0) is 6.42 Å². The Morgan fingerprint density at radius 3 is 2.39 bits per heavy atom. The van der Waals surface area contributed by atoms with Crippen LogP contribution in [0, 0.1) is 6.92 Å². The average Bonchev–Trinajstić information content (AvgIpc) is 3.04. The van der Waals surface area contributed by atoms with Gasteiger partial charge in [-0.15, -0.1) is 0 Å². The normalized spacial score (nSPS) is 11.3. The Morgan fingerprint density at radius 2 is 1.71 bits per heavy atom. The van der Waals surface area contributed by atoms with E-state index in [-0.39, 0.29) is 0 Å². The zero-order valence-corrected chi connectivity index (χ0v) is 17.0. The summed E-state index contributed by atoms with van der Waals surface area (Å²) < 4.78 is 16.1. The van der Waals surface area contributed by atoms with Crippen LogP contribution in [0.15, 0.2) is 42.5 Å². The van der Waals surface area contributed by atoms with Crippen molar-refractivity contribution < 1.29 is 14.2 Å². The van der Waals surface area contributed by atoms with E-state index in [1.54, 1.807) is 21.3 Å². The Kier molecular flexibility index (Phi) is 6.61. The highest BCUT2D eigenvalue weighted by atomic mass is 16.5. The van der Waals surface area contributed by atoms with E-state index >= 15 is 0 Å². The van der Waals surface area contributed by atoms with E-state index in [1.807, 2.05) is 12.1 Å². The molecule has 0 aliphatic heterocycles. The fourth-order valence-electron chi connectivity index (χ4n) is 3.45. The molecule has 28 heavy (non-hydrogen) atoms. The third kappa shape index (κ3) is 4.31. The molecule has 0 aliphatic rings. The van der Waals surface area contributed by atoms with Gasteiger partial charge in [0.15, 0.2) is 11.5 Å². The number of hydrogen-bond acceptors (Lipinski definition) is 4. The summed E-state index contributed by atoms with van der Waals surface area (Å²) in [7, 11) is 4.85. The number of fused-ring (bicyclic) bond motifs is 1. The first-order chi connectivity index (χ1) is 13.7. The van der Waals surface area contributed by atoms with Crippen molar-refractivity contribution in [2.45, 2.75) is 13.3 Å². The molecule has 5 heteroatoms. The molecule has 0 spiro atoms. The molecule has 0 aliphatic carbocycles. The number of benzene rings is 2. The molecule has 0 fully saturated rings. The predicted octanol–water partition coefficient (Wildman–Crippen LogP) is 4.35. The summed E-state index contributed by atoms with van der Waals surface area (Å²) in [4.78, 5) is 3.46. The van der Waals surface area contributed by atoms with Gasteiger partial charge in [0.2, 0.25) is 5.75 Å². The van der Waals surface area contributed by atoms with Gasteiger partial charge in [-0.25, -0.2) is 0 Å². The predicted molar refractivity (Wildman–Crippen MR) is 115 cm³/mol. The molecule has 0 amide bonds. The van der Waals surface area contributed by atoms with Crippen LogP contribution in [-0.4, -0.2) is 39.4 Å². The Bertz CT molecular complexity index is 935. The monoisotopic (exact) mass is 380 g/mol. The van der Waals surface area contributed by atoms with Gasteiger partial charge in [0, 0.05) is 23.1 Å². The summed E-state index contributed by atoms with van der Waals surface area (Å²) >= 11 is 0. The van der Waals surface area contributed by atoms with Crippen LogP contribution in [0.5, 0.6) is 17.2 Å². The SMILES string of the molecule is COc1cc(/C=C/CNCCc2c(C)[nH]c3ccccc23)cc(OC)c1OC. The van der Waals surface area contributed by atoms with Crippen LogP contribution in [0.1, 0.15) is 16.8 Å². The van der Waals surface area contributed by atoms with Crippen LogP contribution >= 0.6 is 0 Å². The van der Waals surface area contributed by atoms with E-state index in [2.05, 4.69) is 53.6 Å². The summed E-state index contributed by atoms with van der Waals surface area (Å²) in [6.45, 7) is 3.85. The van der Waals surface area contributed by atoms with E-state index in [4.69, 9.17) is 14.2 Å². The molecule has 1 aromatic heterocycles. The fraction of sp³-hybridized carbons (Fsp3) is 0.304. The molecular weight excluding hydrogens is 352 g/mol. The van der Waals surface area contributed by atoms with Gasteiger partial charge < -0.3 is 24.5 Å². The Hall–Kier alpha value is -2.92. The number of aromatic amines is 1. The number of ether oxygens (including phenoxy) is 3. The highest BCUT2D eigenvalue weighted by Crippen LogP contribution is 2.38. The number of para-hydroxylation sites is 1. The van der Waals surface area contributed by atoms with Crippen molar-refractivity contribution in [2.75, 3.05) is 34.4 Å². The molecule has 0 saturated carbocycles. The van der Waals surface area contributed by atoms with Crippen molar-refractivity contribution in [3.05, 3.63) is 59.3 Å². The summed E-state index contributed by atoms with van der Waals surface area (Å²) in [5.41, 5.74) is 4.84. The molecule has 1 heterocycles. The zero-order valence-electron chi connectivity index (χ0n) is 17.0. The van der Waals surface area contributed by atoms with Gasteiger partial charge in [0.05, 0.1) is 21.3 Å². The van der Waals surface area contributed by atoms with Crippen molar-refractivity contribution in [1.82, 2.24) is 10.3 Å². The number of aromatic nitrogens is 1. The second-order valence-electron chi connectivity index (χ2n) is 6.59. The number of nitrogens with one attached hydrogen (secondary N) is 2. The molecule has 0 unspecified atom stereocenters. The van der Waals surface area contributed by atoms with Gasteiger partial charge >= 0.3 is 0 Å². The summed E-state index contributed by atoms with van der Waals surface area (Å²) in [6, 6.07) is 12.3. The second-order valence-corrected chi connectivity index (χ2v) is 6.59. The number of methoxy groups -OCH3 is 3. The van der Waals surface area contributed by atoms with Crippen molar-refractivity contribution in [2.24, 2.45) is 0 Å². The zero-order chi connectivity index (χ0) is 19.9. The quantitative estimate of drug-likeness (QED) is 0.542. The maximum Gasteiger partial charge on any atom is 0.203 e. The van der Waals surface area contributed by atoms with Gasteiger partial charge in [0.1, 0.15) is 0 Å². The van der Waals surface area contributed by atoms with Crippen LogP contribution in [0.2, 0.25) is 0 Å². The maximum atomic E-state index is 5.39. The largest absolute Gasteiger partial charge is 0.493 e. The highest BCUT2D eigenvalue weighted by molar-refractivity contribution is 5.84. The first-order valence-corrected chi connectivity index (χ1v) is 9.41. The minimum atomic E-state index is 0.606. The number of rotatable bonds is 9. The van der Waals surface area contributed by atoms with Crippen molar-refractivity contribution in [3.63, 3.8) is 0 Å². The standard InChI is InChI=1S/C23H28N2O3/c1-16-18(19-9-5-6-10-20(19)25-16)11-13-24-12-7-8-17-14-21(26-2)23(28-4)22(15-17)27-3/h5-10,14-15,24-25H,11-13H2,1-4H3/b8-7+. The van der Waals surface area contributed by atoms with E-state index in [9.17, 15) is 0 Å². The first kappa shape index (κ1) is 19.8. The molecule has 148 valence electrons. The summed E-state index contributed by atoms with van der Waals surface area (Å²) in [6.07, 6.45) is 5.14. The van der Waals surface area contributed by atoms with Crippen molar-refractivity contribution in [1.29, 1.82) is 0 Å². The summed E-state index contributed by atoms with van der Waals surface area (Å²) in [5, 5.41) is 4.79. The fourth-order valence-corrected chi connectivity index (χ4v) is 3.45. The maximum absolute atomic E-state index is 5.39. The van der Waals surface area contributed by atoms with E-state index in [0.717, 1.165) is 25.1 Å². The topological polar surface area (TPSA) is 55.5 Å². The second kappa shape index (κ2) is 9.33. The van der Waals surface area contributed by atoms with E-state index in [0.29, 0.717) is 17.2 Å². The average molecular weight is 380 g/mol. The third-order valence-corrected chi connectivity index (χ3v) is 4.84. The van der Waals surface area contributed by atoms with E-state index < -0.39 is 0 Å². The third-order valence-electron chi connectivity index (χ3n) is 4.84. The van der Waals surface area contributed by atoms with Gasteiger partial charge in [0.25, 0.3) is 0 Å². The van der Waals surface area contributed by atoms with Gasteiger partial charge in [-0.2, -0.15) is 0 Å². The molecule has 0 saturated heterocycles. The molecule has 5 nitrogen and oxygen atoms in total. The van der Waals surface area contributed by atoms with Crippen LogP contribution in [0.25, 0.3) is 17.0 Å². The molecule has 0 radical (unpaired) electrons. The Morgan fingerprint density at radius 1 is 1.00 bits per heavy atom. The lowest BCUT2D eigenvalue weighted by molar-refractivity contribution is 0.324. The molecular formula is C23H28N2O3. The van der Waals surface area contributed by atoms with Gasteiger partial charge in [-0.1, -0.05) is 30.4 Å². The highest BCUT2D eigenvalue weighted by Gasteiger charge is 2.12. The van der Waals surface area contributed by atoms with Crippen LogP contribution < -0.4 is 19.5 Å². The molecule has 3 aromatic rings. The lowest BCUT2D eigenvalue weighted by Gasteiger charge is -2.12. The minimum absolute atomic E-state index is 0.606. The molecule has 2 N–H and O–H groups in total. The number of hydrogen-bond donors (Lipinski definition) is 2. The van der Waals surface area contributed by atoms with Gasteiger partial charge in [-0.3, -0.25) is 0 Å². The van der Waals surface area contributed by atoms with E-state index in [1.165, 1.54) is 22.2 Å². The number of H-pyrrole nitrogens is 1. The molecule has 3 rings (SSSR count).